The van der Waals surface area contributed by atoms with Crippen molar-refractivity contribution in [2.75, 3.05) is 6.61 Å². The standard InChI is InChI=1S/C44H53NO10/c1-8-25(2)38-28(5)18-19-43(55-38)22-35-21-34(54-43)17-12-27(4)37(51-30(7)46)26(3)10-9-11-33-24-50-40-39(29(6)20-36(42(48)52-35)44(33,40)49)53-41(47)32-15-13-31(23-45)14-16-32/h9-16,18-20,25-26,28,34-40,49H,8,17,21-22,24H2,1-7H3/b10-9+,27-12+,33-11+/t25-,26-,28-,34+,35-,36-,37-,38+,39+,40+,43+,44+/m0/s1. The molecule has 2 fully saturated rings. The number of hydrogen-bond donors (Lipinski definition) is 1. The van der Waals surface area contributed by atoms with Gasteiger partial charge in [0.2, 0.25) is 0 Å². The zero-order valence-electron chi connectivity index (χ0n) is 32.7. The smallest absolute Gasteiger partial charge is 0.338 e. The summed E-state index contributed by atoms with van der Waals surface area (Å²) in [5.41, 5.74) is 0.447. The summed E-state index contributed by atoms with van der Waals surface area (Å²) < 4.78 is 38.0. The number of allylic oxidation sites excluding steroid dienone is 2. The maximum absolute atomic E-state index is 14.5. The molecule has 1 aliphatic carbocycles. The Labute approximate surface area is 323 Å². The molecule has 1 spiro atoms. The third-order valence-electron chi connectivity index (χ3n) is 11.8. The maximum Gasteiger partial charge on any atom is 0.338 e. The minimum atomic E-state index is -1.94. The highest BCUT2D eigenvalue weighted by molar-refractivity contribution is 5.90. The number of benzene rings is 1. The first-order valence-corrected chi connectivity index (χ1v) is 19.4. The number of carbonyl (C=O) groups excluding carboxylic acids is 3. The number of fused-ring (bicyclic) bond motifs is 2. The Hall–Kier alpha value is -4.34. The molecule has 11 heteroatoms. The van der Waals surface area contributed by atoms with Crippen molar-refractivity contribution in [1.29, 1.82) is 5.26 Å². The summed E-state index contributed by atoms with van der Waals surface area (Å²) in [6.45, 7) is 13.3. The number of ether oxygens (including phenoxy) is 6. The molecule has 6 rings (SSSR count). The van der Waals surface area contributed by atoms with Crippen molar-refractivity contribution in [2.45, 2.75) is 122 Å². The fourth-order valence-corrected chi connectivity index (χ4v) is 8.53. The highest BCUT2D eigenvalue weighted by Crippen LogP contribution is 2.48. The van der Waals surface area contributed by atoms with Gasteiger partial charge in [-0.2, -0.15) is 5.26 Å². The Bertz CT molecular complexity index is 1840. The van der Waals surface area contributed by atoms with Gasteiger partial charge >= 0.3 is 17.9 Å². The van der Waals surface area contributed by atoms with Crippen LogP contribution in [-0.2, 0) is 38.0 Å². The predicted octanol–water partition coefficient (Wildman–Crippen LogP) is 6.61. The van der Waals surface area contributed by atoms with Gasteiger partial charge in [0.15, 0.2) is 11.9 Å². The van der Waals surface area contributed by atoms with E-state index in [1.807, 2.05) is 38.1 Å². The lowest BCUT2D eigenvalue weighted by atomic mass is 9.70. The second kappa shape index (κ2) is 16.4. The van der Waals surface area contributed by atoms with E-state index in [1.165, 1.54) is 31.2 Å². The first kappa shape index (κ1) is 40.3. The minimum absolute atomic E-state index is 0.0434. The maximum atomic E-state index is 14.5. The molecule has 0 radical (unpaired) electrons. The molecule has 1 aromatic carbocycles. The predicted molar refractivity (Wildman–Crippen MR) is 202 cm³/mol. The quantitative estimate of drug-likeness (QED) is 0.196. The molecule has 0 aromatic heterocycles. The fourth-order valence-electron chi connectivity index (χ4n) is 8.53. The summed E-state index contributed by atoms with van der Waals surface area (Å²) >= 11 is 0. The van der Waals surface area contributed by atoms with Gasteiger partial charge in [-0.15, -0.1) is 0 Å². The van der Waals surface area contributed by atoms with Crippen LogP contribution >= 0.6 is 0 Å². The number of rotatable bonds is 5. The summed E-state index contributed by atoms with van der Waals surface area (Å²) in [6.07, 6.45) is 11.1. The molecule has 2 saturated heterocycles. The number of nitriles is 1. The van der Waals surface area contributed by atoms with Crippen molar-refractivity contribution in [1.82, 2.24) is 0 Å². The van der Waals surface area contributed by atoms with Crippen LogP contribution in [0.5, 0.6) is 0 Å². The summed E-state index contributed by atoms with van der Waals surface area (Å²) in [7, 11) is 0. The van der Waals surface area contributed by atoms with E-state index in [4.69, 9.17) is 28.4 Å². The van der Waals surface area contributed by atoms with E-state index in [2.05, 4.69) is 26.8 Å². The van der Waals surface area contributed by atoms with Crippen LogP contribution in [0.3, 0.4) is 0 Å². The second-order valence-corrected chi connectivity index (χ2v) is 15.8. The Morgan fingerprint density at radius 2 is 1.78 bits per heavy atom. The molecule has 4 aliphatic heterocycles. The topological polar surface area (TPSA) is 151 Å². The molecule has 0 saturated carbocycles. The van der Waals surface area contributed by atoms with Crippen LogP contribution in [-0.4, -0.2) is 77.6 Å². The molecule has 1 N–H and O–H groups in total. The Morgan fingerprint density at radius 1 is 1.04 bits per heavy atom. The molecular weight excluding hydrogens is 702 g/mol. The highest BCUT2D eigenvalue weighted by Gasteiger charge is 2.61. The van der Waals surface area contributed by atoms with E-state index in [0.717, 1.165) is 12.0 Å². The molecule has 4 heterocycles. The van der Waals surface area contributed by atoms with Gasteiger partial charge in [0.1, 0.15) is 29.8 Å². The lowest BCUT2D eigenvalue weighted by Gasteiger charge is -2.48. The number of carbonyl (C=O) groups is 3. The molecular formula is C44H53NO10. The first-order valence-electron chi connectivity index (χ1n) is 19.4. The zero-order chi connectivity index (χ0) is 39.7. The summed E-state index contributed by atoms with van der Waals surface area (Å²) in [5.74, 6) is -3.91. The average Bonchev–Trinajstić information content (AvgIpc) is 3.50. The average molecular weight is 756 g/mol. The summed E-state index contributed by atoms with van der Waals surface area (Å²) in [5, 5.41) is 22.0. The van der Waals surface area contributed by atoms with Gasteiger partial charge in [0, 0.05) is 31.6 Å². The number of esters is 3. The SMILES string of the molecule is CC[C@H](C)[C@H]1O[C@]2(C=C[C@@H]1C)C[C@@H]1C[C@@H](C/C=C(\C)[C@@H](OC(C)=O)[C@@H](C)/C=C/C=C3\CO[C@@H]4[C@H](OC(=O)c5ccc(C#N)cc5)C(C)=C[C@@H](C(=O)O1)[C@]34O)O2. The highest BCUT2D eigenvalue weighted by atomic mass is 16.7. The molecule has 12 atom stereocenters. The van der Waals surface area contributed by atoms with Crippen molar-refractivity contribution >= 4 is 17.9 Å². The Balaban J connectivity index is 1.40. The Morgan fingerprint density at radius 3 is 2.47 bits per heavy atom. The van der Waals surface area contributed by atoms with Gasteiger partial charge in [-0.05, 0) is 73.2 Å². The van der Waals surface area contributed by atoms with Gasteiger partial charge in [-0.3, -0.25) is 9.59 Å². The van der Waals surface area contributed by atoms with Crippen LogP contribution < -0.4 is 0 Å². The number of nitrogens with zero attached hydrogens (tertiary/aromatic N) is 1. The van der Waals surface area contributed by atoms with Crippen LogP contribution in [0.1, 0.15) is 90.1 Å². The van der Waals surface area contributed by atoms with Gasteiger partial charge in [0.25, 0.3) is 0 Å². The normalized spacial score (nSPS) is 39.1. The van der Waals surface area contributed by atoms with Crippen molar-refractivity contribution in [3.63, 3.8) is 0 Å². The summed E-state index contributed by atoms with van der Waals surface area (Å²) in [4.78, 5) is 40.2. The van der Waals surface area contributed by atoms with Crippen LogP contribution in [0.4, 0.5) is 0 Å². The van der Waals surface area contributed by atoms with E-state index >= 15 is 0 Å². The Kier molecular flexibility index (Phi) is 12.0. The van der Waals surface area contributed by atoms with E-state index in [-0.39, 0.29) is 42.4 Å². The second-order valence-electron chi connectivity index (χ2n) is 15.8. The van der Waals surface area contributed by atoms with Crippen molar-refractivity contribution in [2.24, 2.45) is 23.7 Å². The minimum Gasteiger partial charge on any atom is -0.462 e. The molecule has 11 nitrogen and oxygen atoms in total. The van der Waals surface area contributed by atoms with E-state index < -0.39 is 65.7 Å². The van der Waals surface area contributed by atoms with E-state index in [1.54, 1.807) is 25.2 Å². The zero-order valence-corrected chi connectivity index (χ0v) is 32.7. The fraction of sp³-hybridized carbons (Fsp3) is 0.545. The molecule has 2 bridgehead atoms. The van der Waals surface area contributed by atoms with Gasteiger partial charge < -0.3 is 33.5 Å². The van der Waals surface area contributed by atoms with E-state index in [0.29, 0.717) is 29.6 Å². The largest absolute Gasteiger partial charge is 0.462 e. The van der Waals surface area contributed by atoms with Gasteiger partial charge in [-0.25, -0.2) is 4.79 Å². The third kappa shape index (κ3) is 8.29. The van der Waals surface area contributed by atoms with Gasteiger partial charge in [0.05, 0.1) is 36.0 Å². The molecule has 294 valence electrons. The first-order chi connectivity index (χ1) is 26.2. The van der Waals surface area contributed by atoms with Crippen molar-refractivity contribution < 1.29 is 47.9 Å². The molecule has 0 amide bonds. The van der Waals surface area contributed by atoms with Crippen molar-refractivity contribution in [3.05, 3.63) is 94.6 Å². The number of aliphatic hydroxyl groups is 1. The van der Waals surface area contributed by atoms with E-state index in [9.17, 15) is 24.8 Å². The number of hydrogen-bond acceptors (Lipinski definition) is 11. The van der Waals surface area contributed by atoms with Crippen LogP contribution in [0.25, 0.3) is 0 Å². The van der Waals surface area contributed by atoms with Crippen LogP contribution in [0, 0.1) is 35.0 Å². The molecule has 5 aliphatic rings. The molecule has 55 heavy (non-hydrogen) atoms. The third-order valence-corrected chi connectivity index (χ3v) is 11.8. The van der Waals surface area contributed by atoms with Gasteiger partial charge in [-0.1, -0.05) is 70.6 Å². The molecule has 1 aromatic rings. The lowest BCUT2D eigenvalue weighted by Crippen LogP contribution is -2.59. The lowest BCUT2D eigenvalue weighted by molar-refractivity contribution is -0.300. The summed E-state index contributed by atoms with van der Waals surface area (Å²) in [6, 6.07) is 8.08. The monoisotopic (exact) mass is 755 g/mol. The van der Waals surface area contributed by atoms with Crippen molar-refractivity contribution in [3.8, 4) is 6.07 Å². The van der Waals surface area contributed by atoms with Crippen LogP contribution in [0.15, 0.2) is 83.5 Å². The van der Waals surface area contributed by atoms with Crippen LogP contribution in [0.2, 0.25) is 0 Å². The molecule has 0 unspecified atom stereocenters.